The van der Waals surface area contributed by atoms with E-state index in [1.165, 1.54) is 6.92 Å². The smallest absolute Gasteiger partial charge is 0.326 e. The number of nitrogens with two attached hydrogens (primary N) is 2. The molecule has 8 N–H and O–H groups in total. The quantitative estimate of drug-likeness (QED) is 0.234. The van der Waals surface area contributed by atoms with Gasteiger partial charge in [-0.2, -0.15) is 0 Å². The van der Waals surface area contributed by atoms with Crippen LogP contribution in [0.1, 0.15) is 32.6 Å². The Labute approximate surface area is 133 Å². The van der Waals surface area contributed by atoms with E-state index in [1.54, 1.807) is 0 Å². The summed E-state index contributed by atoms with van der Waals surface area (Å²) in [4.78, 5) is 45.4. The lowest BCUT2D eigenvalue weighted by Crippen LogP contribution is -2.54. The van der Waals surface area contributed by atoms with Crippen molar-refractivity contribution >= 4 is 23.8 Å². The number of amides is 2. The van der Waals surface area contributed by atoms with Crippen LogP contribution in [0, 0.1) is 0 Å². The summed E-state index contributed by atoms with van der Waals surface area (Å²) in [5.41, 5.74) is 10.8. The van der Waals surface area contributed by atoms with Crippen molar-refractivity contribution in [1.82, 2.24) is 10.6 Å². The van der Waals surface area contributed by atoms with Gasteiger partial charge in [0.05, 0.1) is 12.5 Å². The van der Waals surface area contributed by atoms with E-state index >= 15 is 0 Å². The Morgan fingerprint density at radius 3 is 2.00 bits per heavy atom. The van der Waals surface area contributed by atoms with E-state index in [2.05, 4.69) is 10.6 Å². The van der Waals surface area contributed by atoms with Crippen LogP contribution in [0.5, 0.6) is 0 Å². The fourth-order valence-corrected chi connectivity index (χ4v) is 1.71. The van der Waals surface area contributed by atoms with Crippen molar-refractivity contribution in [1.29, 1.82) is 0 Å². The Morgan fingerprint density at radius 1 is 1.00 bits per heavy atom. The molecule has 0 bridgehead atoms. The summed E-state index contributed by atoms with van der Waals surface area (Å²) in [5.74, 6) is -4.18. The topological polar surface area (TPSA) is 185 Å². The molecule has 3 atom stereocenters. The molecule has 0 aliphatic carbocycles. The molecule has 0 radical (unpaired) electrons. The zero-order valence-electron chi connectivity index (χ0n) is 12.9. The predicted octanol–water partition coefficient (Wildman–Crippen LogP) is -2.01. The molecule has 10 heteroatoms. The summed E-state index contributed by atoms with van der Waals surface area (Å²) in [5, 5.41) is 22.1. The Bertz CT molecular complexity index is 440. The van der Waals surface area contributed by atoms with Crippen LogP contribution >= 0.6 is 0 Å². The molecule has 0 unspecified atom stereocenters. The van der Waals surface area contributed by atoms with E-state index in [9.17, 15) is 19.2 Å². The van der Waals surface area contributed by atoms with Gasteiger partial charge in [0.2, 0.25) is 11.8 Å². The highest BCUT2D eigenvalue weighted by Crippen LogP contribution is 2.03. The maximum atomic E-state index is 12.1. The monoisotopic (exact) mass is 332 g/mol. The number of carboxylic acids is 2. The molecule has 0 saturated carbocycles. The van der Waals surface area contributed by atoms with Gasteiger partial charge < -0.3 is 32.3 Å². The van der Waals surface area contributed by atoms with Gasteiger partial charge in [-0.3, -0.25) is 14.4 Å². The lowest BCUT2D eigenvalue weighted by atomic mass is 10.1. The van der Waals surface area contributed by atoms with Crippen molar-refractivity contribution < 1.29 is 29.4 Å². The summed E-state index contributed by atoms with van der Waals surface area (Å²) < 4.78 is 0. The fourth-order valence-electron chi connectivity index (χ4n) is 1.71. The Hall–Kier alpha value is -2.20. The molecule has 10 nitrogen and oxygen atoms in total. The molecule has 0 aliphatic heterocycles. The third-order valence-electron chi connectivity index (χ3n) is 2.99. The van der Waals surface area contributed by atoms with E-state index in [0.717, 1.165) is 0 Å². The summed E-state index contributed by atoms with van der Waals surface area (Å²) in [7, 11) is 0. The van der Waals surface area contributed by atoms with Crippen molar-refractivity contribution in [2.75, 3.05) is 6.54 Å². The van der Waals surface area contributed by atoms with Crippen molar-refractivity contribution in [3.8, 4) is 0 Å². The number of rotatable bonds is 11. The average Bonchev–Trinajstić information content (AvgIpc) is 2.44. The number of unbranched alkanes of at least 4 members (excludes halogenated alkanes) is 1. The number of carboxylic acid groups (broad SMARTS) is 2. The predicted molar refractivity (Wildman–Crippen MR) is 80.3 cm³/mol. The van der Waals surface area contributed by atoms with Crippen molar-refractivity contribution in [2.24, 2.45) is 11.5 Å². The third-order valence-corrected chi connectivity index (χ3v) is 2.99. The molecule has 2 amide bonds. The zero-order valence-corrected chi connectivity index (χ0v) is 12.9. The van der Waals surface area contributed by atoms with Gasteiger partial charge in [0.15, 0.2) is 0 Å². The highest BCUT2D eigenvalue weighted by atomic mass is 16.4. The van der Waals surface area contributed by atoms with Gasteiger partial charge in [-0.05, 0) is 32.7 Å². The number of carbonyl (C=O) groups excluding carboxylic acids is 2. The van der Waals surface area contributed by atoms with Crippen molar-refractivity contribution in [3.05, 3.63) is 0 Å². The number of carbonyl (C=O) groups is 4. The van der Waals surface area contributed by atoms with Gasteiger partial charge in [0, 0.05) is 0 Å². The van der Waals surface area contributed by atoms with Crippen LogP contribution in [0.4, 0.5) is 0 Å². The SMILES string of the molecule is C[C@H](N)C(=O)N[C@@H](CCCCN)C(=O)N[C@@H](CC(=O)O)C(=O)O. The standard InChI is InChI=1S/C13H24N4O6/c1-7(15)11(20)16-8(4-2-3-5-14)12(21)17-9(13(22)23)6-10(18)19/h7-9H,2-6,14-15H2,1H3,(H,16,20)(H,17,21)(H,18,19)(H,22,23)/t7-,8-,9-/m0/s1. The molecule has 23 heavy (non-hydrogen) atoms. The Balaban J connectivity index is 4.89. The molecule has 0 spiro atoms. The first-order chi connectivity index (χ1) is 10.7. The summed E-state index contributed by atoms with van der Waals surface area (Å²) in [6.07, 6.45) is 0.624. The second-order valence-corrected chi connectivity index (χ2v) is 5.13. The van der Waals surface area contributed by atoms with Crippen LogP contribution in [-0.4, -0.2) is 58.6 Å². The van der Waals surface area contributed by atoms with Crippen LogP contribution in [0.3, 0.4) is 0 Å². The van der Waals surface area contributed by atoms with E-state index in [0.29, 0.717) is 19.4 Å². The third kappa shape index (κ3) is 8.73. The van der Waals surface area contributed by atoms with E-state index < -0.39 is 48.3 Å². The second kappa shape index (κ2) is 10.5. The largest absolute Gasteiger partial charge is 0.481 e. The van der Waals surface area contributed by atoms with Gasteiger partial charge in [-0.25, -0.2) is 4.79 Å². The first-order valence-electron chi connectivity index (χ1n) is 7.20. The summed E-state index contributed by atoms with van der Waals surface area (Å²) in [6.45, 7) is 1.85. The fraction of sp³-hybridized carbons (Fsp3) is 0.692. The molecule has 0 heterocycles. The molecule has 0 aromatic rings. The highest BCUT2D eigenvalue weighted by molar-refractivity contribution is 5.92. The number of hydrogen-bond acceptors (Lipinski definition) is 6. The molecule has 0 rings (SSSR count). The molecule has 132 valence electrons. The molecule has 0 fully saturated rings. The van der Waals surface area contributed by atoms with Crippen molar-refractivity contribution in [2.45, 2.75) is 50.7 Å². The molecule has 0 saturated heterocycles. The van der Waals surface area contributed by atoms with Gasteiger partial charge in [-0.1, -0.05) is 0 Å². The second-order valence-electron chi connectivity index (χ2n) is 5.13. The van der Waals surface area contributed by atoms with Gasteiger partial charge in [-0.15, -0.1) is 0 Å². The number of aliphatic carboxylic acids is 2. The minimum absolute atomic E-state index is 0.237. The van der Waals surface area contributed by atoms with Crippen LogP contribution in [0.15, 0.2) is 0 Å². The zero-order chi connectivity index (χ0) is 18.0. The molecular weight excluding hydrogens is 308 g/mol. The van der Waals surface area contributed by atoms with Crippen LogP contribution in [-0.2, 0) is 19.2 Å². The highest BCUT2D eigenvalue weighted by Gasteiger charge is 2.28. The Kier molecular flexibility index (Phi) is 9.51. The average molecular weight is 332 g/mol. The lowest BCUT2D eigenvalue weighted by molar-refractivity contribution is -0.147. The number of nitrogens with one attached hydrogen (secondary N) is 2. The van der Waals surface area contributed by atoms with Crippen LogP contribution in [0.2, 0.25) is 0 Å². The molecule has 0 aliphatic rings. The van der Waals surface area contributed by atoms with Gasteiger partial charge in [0.1, 0.15) is 12.1 Å². The Morgan fingerprint density at radius 2 is 1.57 bits per heavy atom. The minimum Gasteiger partial charge on any atom is -0.481 e. The normalized spacial score (nSPS) is 14.4. The molecule has 0 aromatic heterocycles. The summed E-state index contributed by atoms with van der Waals surface area (Å²) in [6, 6.07) is -3.42. The first kappa shape index (κ1) is 20.8. The molecule has 0 aromatic carbocycles. The van der Waals surface area contributed by atoms with E-state index in [1.807, 2.05) is 0 Å². The van der Waals surface area contributed by atoms with Gasteiger partial charge in [0.25, 0.3) is 0 Å². The van der Waals surface area contributed by atoms with Gasteiger partial charge >= 0.3 is 11.9 Å². The molecular formula is C13H24N4O6. The summed E-state index contributed by atoms with van der Waals surface area (Å²) >= 11 is 0. The minimum atomic E-state index is -1.58. The maximum absolute atomic E-state index is 12.1. The number of hydrogen-bond donors (Lipinski definition) is 6. The van der Waals surface area contributed by atoms with E-state index in [4.69, 9.17) is 21.7 Å². The van der Waals surface area contributed by atoms with Crippen LogP contribution < -0.4 is 22.1 Å². The van der Waals surface area contributed by atoms with Crippen LogP contribution in [0.25, 0.3) is 0 Å². The first-order valence-corrected chi connectivity index (χ1v) is 7.20. The maximum Gasteiger partial charge on any atom is 0.326 e. The lowest BCUT2D eigenvalue weighted by Gasteiger charge is -2.21. The van der Waals surface area contributed by atoms with E-state index in [-0.39, 0.29) is 6.42 Å². The van der Waals surface area contributed by atoms with Crippen molar-refractivity contribution in [3.63, 3.8) is 0 Å².